The number of sulfone groups is 2. The van der Waals surface area contributed by atoms with E-state index >= 15 is 0 Å². The Balaban J connectivity index is 3.28. The second-order valence-electron chi connectivity index (χ2n) is 2.88. The molecule has 0 spiro atoms. The first-order valence-corrected chi connectivity index (χ1v) is 7.36. The van der Waals surface area contributed by atoms with Crippen LogP contribution < -0.4 is 0 Å². The Morgan fingerprint density at radius 3 is 1.86 bits per heavy atom. The minimum Gasteiger partial charge on any atom is -0.243 e. The second kappa shape index (κ2) is 3.32. The van der Waals surface area contributed by atoms with E-state index in [1.165, 1.54) is 12.1 Å². The van der Waals surface area contributed by atoms with E-state index in [2.05, 4.69) is 4.98 Å². The Bertz CT molecular complexity index is 477. The molecule has 1 rings (SSSR count). The van der Waals surface area contributed by atoms with Crippen LogP contribution in [0.2, 0.25) is 0 Å². The summed E-state index contributed by atoms with van der Waals surface area (Å²) < 4.78 is 44.0. The van der Waals surface area contributed by atoms with E-state index in [0.29, 0.717) is 0 Å². The monoisotopic (exact) mass is 235 g/mol. The maximum Gasteiger partial charge on any atom is 0.192 e. The van der Waals surface area contributed by atoms with Crippen LogP contribution in [0.1, 0.15) is 0 Å². The van der Waals surface area contributed by atoms with Crippen LogP contribution in [0.5, 0.6) is 0 Å². The van der Waals surface area contributed by atoms with Gasteiger partial charge in [-0.15, -0.1) is 0 Å². The lowest BCUT2D eigenvalue weighted by Gasteiger charge is -1.99. The summed E-state index contributed by atoms with van der Waals surface area (Å²) in [5.41, 5.74) is 0. The Morgan fingerprint density at radius 1 is 1.00 bits per heavy atom. The van der Waals surface area contributed by atoms with Gasteiger partial charge in [-0.25, -0.2) is 21.8 Å². The van der Waals surface area contributed by atoms with Gasteiger partial charge in [0, 0.05) is 18.7 Å². The molecule has 0 unspecified atom stereocenters. The molecule has 0 saturated heterocycles. The molecule has 78 valence electrons. The minimum absolute atomic E-state index is 0.00454. The Labute approximate surface area is 82.6 Å². The average molecular weight is 235 g/mol. The zero-order valence-corrected chi connectivity index (χ0v) is 9.26. The first-order valence-electron chi connectivity index (χ1n) is 3.57. The summed E-state index contributed by atoms with van der Waals surface area (Å²) in [5, 5.41) is -0.134. The third-order valence-electron chi connectivity index (χ3n) is 1.52. The summed E-state index contributed by atoms with van der Waals surface area (Å²) in [6.45, 7) is 0. The highest BCUT2D eigenvalue weighted by Crippen LogP contribution is 2.10. The van der Waals surface area contributed by atoms with Crippen LogP contribution in [0.3, 0.4) is 0 Å². The predicted molar refractivity (Wildman–Crippen MR) is 50.5 cm³/mol. The van der Waals surface area contributed by atoms with Gasteiger partial charge in [-0.2, -0.15) is 0 Å². The van der Waals surface area contributed by atoms with E-state index in [4.69, 9.17) is 0 Å². The molecule has 0 N–H and O–H groups in total. The largest absolute Gasteiger partial charge is 0.243 e. The van der Waals surface area contributed by atoms with Crippen LogP contribution in [0.15, 0.2) is 28.3 Å². The van der Waals surface area contributed by atoms with Crippen LogP contribution in [0.4, 0.5) is 0 Å². The zero-order chi connectivity index (χ0) is 11.0. The van der Waals surface area contributed by atoms with Crippen molar-refractivity contribution in [1.29, 1.82) is 0 Å². The normalized spacial score (nSPS) is 12.7. The van der Waals surface area contributed by atoms with E-state index < -0.39 is 19.7 Å². The van der Waals surface area contributed by atoms with Crippen molar-refractivity contribution in [2.75, 3.05) is 12.5 Å². The first-order chi connectivity index (χ1) is 6.21. The molecule has 14 heavy (non-hydrogen) atoms. The SMILES string of the molecule is CS(=O)(=O)c1ccc(S(C)(=O)=O)nc1. The summed E-state index contributed by atoms with van der Waals surface area (Å²) in [7, 11) is -6.69. The van der Waals surface area contributed by atoms with E-state index in [-0.39, 0.29) is 9.92 Å². The third-order valence-corrected chi connectivity index (χ3v) is 3.62. The molecule has 0 aliphatic carbocycles. The fourth-order valence-electron chi connectivity index (χ4n) is 0.805. The van der Waals surface area contributed by atoms with Crippen LogP contribution in [0, 0.1) is 0 Å². The smallest absolute Gasteiger partial charge is 0.192 e. The van der Waals surface area contributed by atoms with Gasteiger partial charge in [0.15, 0.2) is 24.7 Å². The molecule has 0 bridgehead atoms. The van der Waals surface area contributed by atoms with Gasteiger partial charge in [0.05, 0.1) is 4.90 Å². The molecule has 1 aromatic rings. The van der Waals surface area contributed by atoms with E-state index in [1.54, 1.807) is 0 Å². The van der Waals surface area contributed by atoms with Gasteiger partial charge in [-0.3, -0.25) is 0 Å². The minimum atomic E-state index is -3.37. The lowest BCUT2D eigenvalue weighted by molar-refractivity contribution is 0.594. The highest BCUT2D eigenvalue weighted by molar-refractivity contribution is 7.91. The molecule has 0 fully saturated rings. The summed E-state index contributed by atoms with van der Waals surface area (Å²) in [6, 6.07) is 2.39. The molecule has 1 aromatic heterocycles. The van der Waals surface area contributed by atoms with Crippen molar-refractivity contribution >= 4 is 19.7 Å². The van der Waals surface area contributed by atoms with Crippen LogP contribution in [-0.2, 0) is 19.7 Å². The van der Waals surface area contributed by atoms with Crippen molar-refractivity contribution in [3.63, 3.8) is 0 Å². The lowest BCUT2D eigenvalue weighted by Crippen LogP contribution is -2.03. The van der Waals surface area contributed by atoms with E-state index in [9.17, 15) is 16.8 Å². The van der Waals surface area contributed by atoms with Gasteiger partial charge in [0.2, 0.25) is 0 Å². The molecule has 0 atom stereocenters. The molecule has 0 amide bonds. The second-order valence-corrected chi connectivity index (χ2v) is 6.85. The van der Waals surface area contributed by atoms with Crippen molar-refractivity contribution in [1.82, 2.24) is 4.98 Å². The molecule has 7 heteroatoms. The summed E-state index contributed by atoms with van der Waals surface area (Å²) in [6.07, 6.45) is 3.07. The maximum atomic E-state index is 11.0. The van der Waals surface area contributed by atoms with Crippen molar-refractivity contribution in [2.24, 2.45) is 0 Å². The van der Waals surface area contributed by atoms with Gasteiger partial charge >= 0.3 is 0 Å². The Morgan fingerprint density at radius 2 is 1.57 bits per heavy atom. The average Bonchev–Trinajstić information content (AvgIpc) is 2.01. The third kappa shape index (κ3) is 2.52. The molecular weight excluding hydrogens is 226 g/mol. The molecule has 0 radical (unpaired) electrons. The molecule has 5 nitrogen and oxygen atoms in total. The number of hydrogen-bond acceptors (Lipinski definition) is 5. The van der Waals surface area contributed by atoms with Crippen LogP contribution >= 0.6 is 0 Å². The number of rotatable bonds is 2. The highest BCUT2D eigenvalue weighted by Gasteiger charge is 2.11. The van der Waals surface area contributed by atoms with Crippen LogP contribution in [-0.4, -0.2) is 34.3 Å². The van der Waals surface area contributed by atoms with Gasteiger partial charge in [0.1, 0.15) is 0 Å². The van der Waals surface area contributed by atoms with Gasteiger partial charge in [-0.05, 0) is 12.1 Å². The molecule has 0 aliphatic rings. The van der Waals surface area contributed by atoms with Gasteiger partial charge < -0.3 is 0 Å². The zero-order valence-electron chi connectivity index (χ0n) is 7.63. The van der Waals surface area contributed by atoms with Crippen molar-refractivity contribution in [3.8, 4) is 0 Å². The van der Waals surface area contributed by atoms with E-state index in [0.717, 1.165) is 18.7 Å². The Hall–Kier alpha value is -0.950. The summed E-state index contributed by atoms with van der Waals surface area (Å²) in [4.78, 5) is 3.55. The lowest BCUT2D eigenvalue weighted by atomic mass is 10.5. The molecule has 1 heterocycles. The summed E-state index contributed by atoms with van der Waals surface area (Å²) in [5.74, 6) is 0. The highest BCUT2D eigenvalue weighted by atomic mass is 32.2. The maximum absolute atomic E-state index is 11.0. The number of nitrogens with zero attached hydrogens (tertiary/aromatic N) is 1. The van der Waals surface area contributed by atoms with Crippen molar-refractivity contribution in [2.45, 2.75) is 9.92 Å². The Kier molecular flexibility index (Phi) is 2.64. The quantitative estimate of drug-likeness (QED) is 0.714. The fourth-order valence-corrected chi connectivity index (χ4v) is 1.92. The van der Waals surface area contributed by atoms with E-state index in [1.807, 2.05) is 0 Å². The van der Waals surface area contributed by atoms with Crippen molar-refractivity contribution < 1.29 is 16.8 Å². The number of pyridine rings is 1. The molecular formula is C7H9NO4S2. The molecule has 0 saturated carbocycles. The number of aromatic nitrogens is 1. The van der Waals surface area contributed by atoms with Crippen LogP contribution in [0.25, 0.3) is 0 Å². The first kappa shape index (κ1) is 11.1. The fraction of sp³-hybridized carbons (Fsp3) is 0.286. The van der Waals surface area contributed by atoms with Crippen molar-refractivity contribution in [3.05, 3.63) is 18.3 Å². The summed E-state index contributed by atoms with van der Waals surface area (Å²) >= 11 is 0. The number of hydrogen-bond donors (Lipinski definition) is 0. The standard InChI is InChI=1S/C7H9NO4S2/c1-13(9,10)6-3-4-7(8-5-6)14(2,11)12/h3-5H,1-2H3. The van der Waals surface area contributed by atoms with Gasteiger partial charge in [0.25, 0.3) is 0 Å². The topological polar surface area (TPSA) is 81.2 Å². The molecule has 0 aliphatic heterocycles. The molecule has 0 aromatic carbocycles. The predicted octanol–water partition coefficient (Wildman–Crippen LogP) is -0.111. The van der Waals surface area contributed by atoms with Gasteiger partial charge in [-0.1, -0.05) is 0 Å².